The van der Waals surface area contributed by atoms with E-state index in [9.17, 15) is 22.8 Å². The lowest BCUT2D eigenvalue weighted by molar-refractivity contribution is -0.137. The van der Waals surface area contributed by atoms with Gasteiger partial charge in [0.05, 0.1) is 22.9 Å². The molecule has 0 aliphatic carbocycles. The average Bonchev–Trinajstić information content (AvgIpc) is 2.61. The first-order valence-electron chi connectivity index (χ1n) is 5.41. The van der Waals surface area contributed by atoms with E-state index >= 15 is 0 Å². The Hall–Kier alpha value is -2.56. The molecular formula is C12H7F3N2O3. The van der Waals surface area contributed by atoms with Crippen LogP contribution in [0.5, 0.6) is 0 Å². The number of cyclic esters (lactones) is 1. The van der Waals surface area contributed by atoms with E-state index in [1.807, 2.05) is 0 Å². The summed E-state index contributed by atoms with van der Waals surface area (Å²) >= 11 is 0. The minimum Gasteiger partial charge on any atom is -0.436 e. The van der Waals surface area contributed by atoms with Crippen LogP contribution in [0.3, 0.4) is 0 Å². The van der Waals surface area contributed by atoms with Gasteiger partial charge in [-0.1, -0.05) is 0 Å². The molecule has 1 aliphatic heterocycles. The first-order valence-corrected chi connectivity index (χ1v) is 5.41. The van der Waals surface area contributed by atoms with Gasteiger partial charge in [0, 0.05) is 0 Å². The molecule has 2 rings (SSSR count). The second kappa shape index (κ2) is 4.52. The molecule has 0 bridgehead atoms. The topological polar surface area (TPSA) is 70.4 Å². The van der Waals surface area contributed by atoms with E-state index in [0.29, 0.717) is 11.0 Å². The Morgan fingerprint density at radius 2 is 2.00 bits per heavy atom. The van der Waals surface area contributed by atoms with E-state index in [2.05, 4.69) is 4.74 Å². The van der Waals surface area contributed by atoms with Gasteiger partial charge < -0.3 is 4.74 Å². The summed E-state index contributed by atoms with van der Waals surface area (Å²) in [5, 5.41) is 8.66. The summed E-state index contributed by atoms with van der Waals surface area (Å²) in [6.45, 7) is 1.31. The summed E-state index contributed by atoms with van der Waals surface area (Å²) in [5.74, 6) is -0.757. The molecule has 1 aromatic rings. The monoisotopic (exact) mass is 284 g/mol. The first-order chi connectivity index (χ1) is 9.25. The fourth-order valence-electron chi connectivity index (χ4n) is 1.76. The maximum absolute atomic E-state index is 12.8. The van der Waals surface area contributed by atoms with E-state index in [1.165, 1.54) is 13.0 Å². The Morgan fingerprint density at radius 1 is 1.35 bits per heavy atom. The number of amides is 2. The molecule has 20 heavy (non-hydrogen) atoms. The maximum atomic E-state index is 12.8. The summed E-state index contributed by atoms with van der Waals surface area (Å²) in [7, 11) is 0. The van der Waals surface area contributed by atoms with Gasteiger partial charge in [0.1, 0.15) is 0 Å². The molecule has 1 atom stereocenters. The zero-order valence-corrected chi connectivity index (χ0v) is 10.1. The van der Waals surface area contributed by atoms with Crippen molar-refractivity contribution < 1.29 is 27.5 Å². The molecular weight excluding hydrogens is 277 g/mol. The van der Waals surface area contributed by atoms with Gasteiger partial charge >= 0.3 is 12.3 Å². The quantitative estimate of drug-likeness (QED) is 0.794. The van der Waals surface area contributed by atoms with Crippen molar-refractivity contribution in [2.24, 2.45) is 0 Å². The number of carbonyl (C=O) groups excluding carboxylic acids is 2. The second-order valence-electron chi connectivity index (χ2n) is 4.04. The van der Waals surface area contributed by atoms with Crippen molar-refractivity contribution in [2.45, 2.75) is 19.2 Å². The summed E-state index contributed by atoms with van der Waals surface area (Å²) < 4.78 is 43.0. The number of alkyl halides is 3. The van der Waals surface area contributed by atoms with Crippen LogP contribution in [-0.2, 0) is 15.7 Å². The Kier molecular flexibility index (Phi) is 3.13. The predicted octanol–water partition coefficient (Wildman–Crippen LogP) is 2.45. The standard InChI is InChI=1S/C12H7F3N2O3/c1-6-10(18)17(11(19)20-6)8-3-2-7(5-16)9(4-8)12(13,14)15/h2-4,6H,1H3. The van der Waals surface area contributed by atoms with Crippen molar-refractivity contribution in [1.29, 1.82) is 5.26 Å². The van der Waals surface area contributed by atoms with Gasteiger partial charge in [0.15, 0.2) is 6.10 Å². The molecule has 0 N–H and O–H groups in total. The lowest BCUT2D eigenvalue weighted by Gasteiger charge is -2.15. The molecule has 1 heterocycles. The Labute approximate surface area is 111 Å². The fourth-order valence-corrected chi connectivity index (χ4v) is 1.76. The molecule has 1 aliphatic rings. The largest absolute Gasteiger partial charge is 0.436 e. The molecule has 0 aromatic heterocycles. The average molecular weight is 284 g/mol. The number of hydrogen-bond acceptors (Lipinski definition) is 4. The van der Waals surface area contributed by atoms with Gasteiger partial charge in [-0.2, -0.15) is 18.4 Å². The lowest BCUT2D eigenvalue weighted by atomic mass is 10.1. The van der Waals surface area contributed by atoms with Crippen LogP contribution in [0.25, 0.3) is 0 Å². The number of benzene rings is 1. The highest BCUT2D eigenvalue weighted by molar-refractivity contribution is 6.18. The zero-order valence-electron chi connectivity index (χ0n) is 10.1. The number of halogens is 3. The minimum absolute atomic E-state index is 0.282. The fraction of sp³-hybridized carbons (Fsp3) is 0.250. The first kappa shape index (κ1) is 13.9. The van der Waals surface area contributed by atoms with E-state index in [-0.39, 0.29) is 5.69 Å². The Balaban J connectivity index is 2.53. The number of anilines is 1. The van der Waals surface area contributed by atoms with Crippen molar-refractivity contribution in [3.05, 3.63) is 29.3 Å². The normalized spacial score (nSPS) is 18.9. The van der Waals surface area contributed by atoms with Gasteiger partial charge in [-0.15, -0.1) is 0 Å². The lowest BCUT2D eigenvalue weighted by Crippen LogP contribution is -2.30. The van der Waals surface area contributed by atoms with Gasteiger partial charge in [-0.3, -0.25) is 4.79 Å². The van der Waals surface area contributed by atoms with Gasteiger partial charge in [-0.05, 0) is 25.1 Å². The molecule has 2 amide bonds. The molecule has 1 fully saturated rings. The smallest absolute Gasteiger partial charge is 0.422 e. The molecule has 1 saturated heterocycles. The van der Waals surface area contributed by atoms with Crippen LogP contribution in [0.2, 0.25) is 0 Å². The van der Waals surface area contributed by atoms with Crippen molar-refractivity contribution in [3.63, 3.8) is 0 Å². The highest BCUT2D eigenvalue weighted by Gasteiger charge is 2.41. The highest BCUT2D eigenvalue weighted by atomic mass is 19.4. The molecule has 5 nitrogen and oxygen atoms in total. The number of carbonyl (C=O) groups is 2. The molecule has 1 unspecified atom stereocenters. The molecule has 0 spiro atoms. The summed E-state index contributed by atoms with van der Waals surface area (Å²) in [4.78, 5) is 23.6. The van der Waals surface area contributed by atoms with Crippen LogP contribution in [0, 0.1) is 11.3 Å². The van der Waals surface area contributed by atoms with Gasteiger partial charge in [0.25, 0.3) is 5.91 Å². The van der Waals surface area contributed by atoms with E-state index in [4.69, 9.17) is 5.26 Å². The van der Waals surface area contributed by atoms with E-state index in [0.717, 1.165) is 12.1 Å². The number of rotatable bonds is 1. The van der Waals surface area contributed by atoms with Crippen LogP contribution < -0.4 is 4.90 Å². The van der Waals surface area contributed by atoms with Crippen LogP contribution in [0.4, 0.5) is 23.7 Å². The Bertz CT molecular complexity index is 634. The number of hydrogen-bond donors (Lipinski definition) is 0. The zero-order chi connectivity index (χ0) is 15.1. The maximum Gasteiger partial charge on any atom is 0.422 e. The van der Waals surface area contributed by atoms with Crippen LogP contribution in [0.1, 0.15) is 18.1 Å². The number of imide groups is 1. The van der Waals surface area contributed by atoms with Crippen molar-refractivity contribution in [1.82, 2.24) is 0 Å². The summed E-state index contributed by atoms with van der Waals surface area (Å²) in [6, 6.07) is 3.98. The van der Waals surface area contributed by atoms with E-state index in [1.54, 1.807) is 0 Å². The third kappa shape index (κ3) is 2.18. The minimum atomic E-state index is -4.76. The Morgan fingerprint density at radius 3 is 2.45 bits per heavy atom. The van der Waals surface area contributed by atoms with Crippen LogP contribution in [0.15, 0.2) is 18.2 Å². The SMILES string of the molecule is CC1OC(=O)N(c2ccc(C#N)c(C(F)(F)F)c2)C1=O. The second-order valence-corrected chi connectivity index (χ2v) is 4.04. The molecule has 1 aromatic carbocycles. The summed E-state index contributed by atoms with van der Waals surface area (Å²) in [5.41, 5.74) is -2.08. The number of ether oxygens (including phenoxy) is 1. The van der Waals surface area contributed by atoms with Crippen LogP contribution >= 0.6 is 0 Å². The van der Waals surface area contributed by atoms with Gasteiger partial charge in [0.2, 0.25) is 0 Å². The van der Waals surface area contributed by atoms with Crippen molar-refractivity contribution in [3.8, 4) is 6.07 Å². The summed E-state index contributed by atoms with van der Waals surface area (Å²) in [6.07, 6.45) is -6.85. The third-order valence-electron chi connectivity index (χ3n) is 2.72. The van der Waals surface area contributed by atoms with Crippen molar-refractivity contribution >= 4 is 17.7 Å². The number of nitrogens with zero attached hydrogens (tertiary/aromatic N) is 2. The highest BCUT2D eigenvalue weighted by Crippen LogP contribution is 2.35. The molecule has 0 saturated carbocycles. The molecule has 104 valence electrons. The number of nitriles is 1. The molecule has 0 radical (unpaired) electrons. The van der Waals surface area contributed by atoms with Gasteiger partial charge in [-0.25, -0.2) is 9.69 Å². The van der Waals surface area contributed by atoms with E-state index < -0.39 is 35.4 Å². The third-order valence-corrected chi connectivity index (χ3v) is 2.72. The predicted molar refractivity (Wildman–Crippen MR) is 59.6 cm³/mol. The van der Waals surface area contributed by atoms with Crippen molar-refractivity contribution in [2.75, 3.05) is 4.90 Å². The van der Waals surface area contributed by atoms with Crippen LogP contribution in [-0.4, -0.2) is 18.1 Å². The molecule has 8 heteroatoms.